The predicted octanol–water partition coefficient (Wildman–Crippen LogP) is 2.43. The first kappa shape index (κ1) is 12.4. The molecule has 1 saturated heterocycles. The van der Waals surface area contributed by atoms with Crippen molar-refractivity contribution >= 4 is 5.69 Å². The quantitative estimate of drug-likeness (QED) is 0.846. The molecule has 1 N–H and O–H groups in total. The zero-order valence-corrected chi connectivity index (χ0v) is 10.9. The highest BCUT2D eigenvalue weighted by Crippen LogP contribution is 2.19. The number of nitrogens with zero attached hydrogens (tertiary/aromatic N) is 2. The lowest BCUT2D eigenvalue weighted by Gasteiger charge is -2.18. The molecule has 1 aliphatic heterocycles. The Bertz CT molecular complexity index is 343. The predicted molar refractivity (Wildman–Crippen MR) is 72.2 cm³/mol. The summed E-state index contributed by atoms with van der Waals surface area (Å²) in [5.41, 5.74) is 2.48. The van der Waals surface area contributed by atoms with Crippen LogP contribution in [0, 0.1) is 5.92 Å². The van der Waals surface area contributed by atoms with Gasteiger partial charge in [-0.15, -0.1) is 0 Å². The second kappa shape index (κ2) is 6.01. The third-order valence-corrected chi connectivity index (χ3v) is 3.13. The molecule has 0 saturated carbocycles. The minimum atomic E-state index is 0.691. The van der Waals surface area contributed by atoms with Crippen LogP contribution in [0.2, 0.25) is 0 Å². The number of hydrogen-bond acceptors (Lipinski definition) is 3. The van der Waals surface area contributed by atoms with Gasteiger partial charge in [-0.3, -0.25) is 4.98 Å². The van der Waals surface area contributed by atoms with Gasteiger partial charge in [-0.05, 0) is 37.4 Å². The van der Waals surface area contributed by atoms with E-state index in [1.807, 2.05) is 6.20 Å². The van der Waals surface area contributed by atoms with E-state index in [9.17, 15) is 0 Å². The normalized spacial score (nSPS) is 15.8. The van der Waals surface area contributed by atoms with E-state index in [2.05, 4.69) is 41.2 Å². The van der Waals surface area contributed by atoms with Gasteiger partial charge in [0.1, 0.15) is 0 Å². The highest BCUT2D eigenvalue weighted by atomic mass is 15.1. The summed E-state index contributed by atoms with van der Waals surface area (Å²) in [6.45, 7) is 8.77. The lowest BCUT2D eigenvalue weighted by Crippen LogP contribution is -2.21. The van der Waals surface area contributed by atoms with E-state index in [-0.39, 0.29) is 0 Å². The number of pyridine rings is 1. The zero-order valence-electron chi connectivity index (χ0n) is 10.9. The van der Waals surface area contributed by atoms with E-state index in [4.69, 9.17) is 0 Å². The molecule has 0 bridgehead atoms. The van der Waals surface area contributed by atoms with Crippen molar-refractivity contribution in [1.29, 1.82) is 0 Å². The maximum absolute atomic E-state index is 4.42. The number of anilines is 1. The monoisotopic (exact) mass is 233 g/mol. The van der Waals surface area contributed by atoms with E-state index in [0.717, 1.165) is 18.8 Å². The number of aromatic nitrogens is 1. The number of hydrogen-bond donors (Lipinski definition) is 1. The molecule has 2 heterocycles. The van der Waals surface area contributed by atoms with E-state index in [1.165, 1.54) is 31.6 Å². The molecular formula is C14H23N3. The van der Waals surface area contributed by atoms with Gasteiger partial charge >= 0.3 is 0 Å². The van der Waals surface area contributed by atoms with Crippen LogP contribution in [-0.4, -0.2) is 24.6 Å². The average molecular weight is 233 g/mol. The summed E-state index contributed by atoms with van der Waals surface area (Å²) in [5.74, 6) is 0.691. The summed E-state index contributed by atoms with van der Waals surface area (Å²) in [6, 6.07) is 4.34. The second-order valence-corrected chi connectivity index (χ2v) is 5.22. The van der Waals surface area contributed by atoms with Gasteiger partial charge in [-0.2, -0.15) is 0 Å². The van der Waals surface area contributed by atoms with Gasteiger partial charge in [0.2, 0.25) is 0 Å². The average Bonchev–Trinajstić information content (AvgIpc) is 2.82. The molecular weight excluding hydrogens is 210 g/mol. The number of rotatable bonds is 5. The maximum Gasteiger partial charge on any atom is 0.0562 e. The summed E-state index contributed by atoms with van der Waals surface area (Å²) in [4.78, 5) is 6.87. The Morgan fingerprint density at radius 3 is 2.82 bits per heavy atom. The van der Waals surface area contributed by atoms with Gasteiger partial charge in [0.15, 0.2) is 0 Å². The van der Waals surface area contributed by atoms with Gasteiger partial charge in [0.05, 0.1) is 5.69 Å². The first-order chi connectivity index (χ1) is 8.25. The molecule has 1 fully saturated rings. The molecule has 3 nitrogen and oxygen atoms in total. The molecule has 0 unspecified atom stereocenters. The van der Waals surface area contributed by atoms with Crippen LogP contribution in [0.5, 0.6) is 0 Å². The van der Waals surface area contributed by atoms with Crippen LogP contribution in [0.25, 0.3) is 0 Å². The summed E-state index contributed by atoms with van der Waals surface area (Å²) in [5, 5.41) is 3.44. The maximum atomic E-state index is 4.42. The van der Waals surface area contributed by atoms with Crippen LogP contribution in [-0.2, 0) is 6.54 Å². The van der Waals surface area contributed by atoms with Crippen LogP contribution in [0.3, 0.4) is 0 Å². The number of nitrogens with one attached hydrogen (secondary N) is 1. The molecule has 0 aromatic carbocycles. The SMILES string of the molecule is CC(C)CNCc1cc(N2CCCC2)ccn1. The van der Waals surface area contributed by atoms with Gasteiger partial charge in [-0.1, -0.05) is 13.8 Å². The minimum absolute atomic E-state index is 0.691. The standard InChI is InChI=1S/C14H23N3/c1-12(2)10-15-11-13-9-14(5-6-16-13)17-7-3-4-8-17/h5-6,9,12,15H,3-4,7-8,10-11H2,1-2H3. The minimum Gasteiger partial charge on any atom is -0.371 e. The van der Waals surface area contributed by atoms with Crippen molar-refractivity contribution in [1.82, 2.24) is 10.3 Å². The third kappa shape index (κ3) is 3.70. The van der Waals surface area contributed by atoms with Crippen LogP contribution < -0.4 is 10.2 Å². The summed E-state index contributed by atoms with van der Waals surface area (Å²) < 4.78 is 0. The highest BCUT2D eigenvalue weighted by Gasteiger charge is 2.12. The van der Waals surface area contributed by atoms with Gasteiger partial charge in [0, 0.05) is 31.5 Å². The topological polar surface area (TPSA) is 28.2 Å². The molecule has 0 amide bonds. The van der Waals surface area contributed by atoms with Crippen LogP contribution >= 0.6 is 0 Å². The smallest absolute Gasteiger partial charge is 0.0562 e. The largest absolute Gasteiger partial charge is 0.371 e. The Labute approximate surface area is 104 Å². The highest BCUT2D eigenvalue weighted by molar-refractivity contribution is 5.47. The Balaban J connectivity index is 1.91. The summed E-state index contributed by atoms with van der Waals surface area (Å²) >= 11 is 0. The van der Waals surface area contributed by atoms with Crippen molar-refractivity contribution in [2.24, 2.45) is 5.92 Å². The zero-order chi connectivity index (χ0) is 12.1. The molecule has 17 heavy (non-hydrogen) atoms. The molecule has 1 aliphatic rings. The van der Waals surface area contributed by atoms with Crippen LogP contribution in [0.4, 0.5) is 5.69 Å². The fourth-order valence-electron chi connectivity index (χ4n) is 2.22. The lowest BCUT2D eigenvalue weighted by molar-refractivity contribution is 0.548. The third-order valence-electron chi connectivity index (χ3n) is 3.13. The van der Waals surface area contributed by atoms with Crippen molar-refractivity contribution in [3.8, 4) is 0 Å². The van der Waals surface area contributed by atoms with E-state index in [0.29, 0.717) is 5.92 Å². The molecule has 2 rings (SSSR count). The first-order valence-corrected chi connectivity index (χ1v) is 6.66. The van der Waals surface area contributed by atoms with E-state index >= 15 is 0 Å². The molecule has 0 radical (unpaired) electrons. The first-order valence-electron chi connectivity index (χ1n) is 6.66. The second-order valence-electron chi connectivity index (χ2n) is 5.22. The lowest BCUT2D eigenvalue weighted by atomic mass is 10.2. The molecule has 0 atom stereocenters. The summed E-state index contributed by atoms with van der Waals surface area (Å²) in [7, 11) is 0. The van der Waals surface area contributed by atoms with Gasteiger partial charge in [0.25, 0.3) is 0 Å². The molecule has 94 valence electrons. The molecule has 0 spiro atoms. The van der Waals surface area contributed by atoms with Crippen molar-refractivity contribution < 1.29 is 0 Å². The Morgan fingerprint density at radius 2 is 2.12 bits per heavy atom. The van der Waals surface area contributed by atoms with Crippen LogP contribution in [0.15, 0.2) is 18.3 Å². The van der Waals surface area contributed by atoms with Crippen molar-refractivity contribution in [3.63, 3.8) is 0 Å². The molecule has 0 aliphatic carbocycles. The molecule has 1 aromatic rings. The molecule has 1 aromatic heterocycles. The Kier molecular flexibility index (Phi) is 4.37. The fraction of sp³-hybridized carbons (Fsp3) is 0.643. The van der Waals surface area contributed by atoms with Gasteiger partial charge in [-0.25, -0.2) is 0 Å². The summed E-state index contributed by atoms with van der Waals surface area (Å²) in [6.07, 6.45) is 4.58. The van der Waals surface area contributed by atoms with E-state index in [1.54, 1.807) is 0 Å². The van der Waals surface area contributed by atoms with Crippen LogP contribution in [0.1, 0.15) is 32.4 Å². The van der Waals surface area contributed by atoms with Crippen molar-refractivity contribution in [2.45, 2.75) is 33.2 Å². The Morgan fingerprint density at radius 1 is 1.35 bits per heavy atom. The Hall–Kier alpha value is -1.09. The van der Waals surface area contributed by atoms with Crippen molar-refractivity contribution in [3.05, 3.63) is 24.0 Å². The molecule has 3 heteroatoms. The van der Waals surface area contributed by atoms with Gasteiger partial charge < -0.3 is 10.2 Å². The fourth-order valence-corrected chi connectivity index (χ4v) is 2.22. The van der Waals surface area contributed by atoms with Crippen molar-refractivity contribution in [2.75, 3.05) is 24.5 Å². The van der Waals surface area contributed by atoms with E-state index < -0.39 is 0 Å².